The predicted octanol–water partition coefficient (Wildman–Crippen LogP) is 2.67. The van der Waals surface area contributed by atoms with Crippen LogP contribution in [0.25, 0.3) is 0 Å². The van der Waals surface area contributed by atoms with Crippen LogP contribution in [0.5, 0.6) is 0 Å². The quantitative estimate of drug-likeness (QED) is 0.827. The third-order valence-electron chi connectivity index (χ3n) is 3.41. The van der Waals surface area contributed by atoms with Crippen molar-refractivity contribution in [3.05, 3.63) is 34.9 Å². The summed E-state index contributed by atoms with van der Waals surface area (Å²) in [6.45, 7) is 4.13. The molecule has 1 amide bonds. The second kappa shape index (κ2) is 4.28. The minimum atomic E-state index is -0.182. The van der Waals surface area contributed by atoms with Gasteiger partial charge in [0.2, 0.25) is 5.91 Å². The summed E-state index contributed by atoms with van der Waals surface area (Å²) in [6.07, 6.45) is 3.45. The third-order valence-corrected chi connectivity index (χ3v) is 3.41. The molecule has 1 aliphatic carbocycles. The van der Waals surface area contributed by atoms with Gasteiger partial charge in [-0.3, -0.25) is 4.79 Å². The van der Waals surface area contributed by atoms with Crippen molar-refractivity contribution in [3.63, 3.8) is 0 Å². The van der Waals surface area contributed by atoms with E-state index in [4.69, 9.17) is 5.73 Å². The maximum Gasteiger partial charge on any atom is 0.224 e. The fraction of sp³-hybridized carbons (Fsp3) is 0.500. The highest BCUT2D eigenvalue weighted by molar-refractivity contribution is 5.82. The largest absolute Gasteiger partial charge is 0.369 e. The van der Waals surface area contributed by atoms with Crippen LogP contribution >= 0.6 is 0 Å². The molecule has 2 N–H and O–H groups in total. The Morgan fingerprint density at radius 2 is 2.12 bits per heavy atom. The number of carbonyl (C=O) groups excluding carboxylic acids is 1. The summed E-state index contributed by atoms with van der Waals surface area (Å²) >= 11 is 0. The lowest BCUT2D eigenvalue weighted by molar-refractivity contribution is -0.119. The smallest absolute Gasteiger partial charge is 0.224 e. The molecule has 0 aromatic heterocycles. The predicted molar refractivity (Wildman–Crippen MR) is 65.2 cm³/mol. The fourth-order valence-corrected chi connectivity index (χ4v) is 2.30. The number of hydrogen-bond acceptors (Lipinski definition) is 1. The maximum absolute atomic E-state index is 11.5. The molecule has 0 bridgehead atoms. The van der Waals surface area contributed by atoms with Gasteiger partial charge in [-0.2, -0.15) is 0 Å². The van der Waals surface area contributed by atoms with Crippen LogP contribution in [0.3, 0.4) is 0 Å². The van der Waals surface area contributed by atoms with E-state index in [9.17, 15) is 4.79 Å². The van der Waals surface area contributed by atoms with E-state index in [1.165, 1.54) is 24.0 Å². The average Bonchev–Trinajstić information content (AvgIpc) is 2.98. The van der Waals surface area contributed by atoms with E-state index in [-0.39, 0.29) is 11.8 Å². The standard InChI is InChI=1S/C14H19NO/c1-9-3-6-12(10(2)7-9)13(14(15)16)8-11-4-5-11/h3,6-7,11,13H,4-5,8H2,1-2H3,(H2,15,16). The normalized spacial score (nSPS) is 17.1. The van der Waals surface area contributed by atoms with Crippen molar-refractivity contribution in [3.8, 4) is 0 Å². The van der Waals surface area contributed by atoms with Crippen LogP contribution in [0.15, 0.2) is 18.2 Å². The van der Waals surface area contributed by atoms with E-state index in [0.717, 1.165) is 17.9 Å². The zero-order chi connectivity index (χ0) is 11.7. The fourth-order valence-electron chi connectivity index (χ4n) is 2.30. The van der Waals surface area contributed by atoms with Gasteiger partial charge in [0.25, 0.3) is 0 Å². The topological polar surface area (TPSA) is 43.1 Å². The molecule has 1 unspecified atom stereocenters. The summed E-state index contributed by atoms with van der Waals surface area (Å²) in [5.74, 6) is 0.449. The first-order valence-corrected chi connectivity index (χ1v) is 5.94. The number of primary amides is 1. The second-order valence-electron chi connectivity index (χ2n) is 4.99. The molecular formula is C14H19NO. The molecule has 16 heavy (non-hydrogen) atoms. The average molecular weight is 217 g/mol. The lowest BCUT2D eigenvalue weighted by Crippen LogP contribution is -2.22. The lowest BCUT2D eigenvalue weighted by Gasteiger charge is -2.16. The number of amides is 1. The van der Waals surface area contributed by atoms with Crippen LogP contribution in [-0.4, -0.2) is 5.91 Å². The summed E-state index contributed by atoms with van der Waals surface area (Å²) < 4.78 is 0. The monoisotopic (exact) mass is 217 g/mol. The van der Waals surface area contributed by atoms with E-state index in [0.29, 0.717) is 0 Å². The number of rotatable bonds is 4. The summed E-state index contributed by atoms with van der Waals surface area (Å²) in [5, 5.41) is 0. The Labute approximate surface area is 96.8 Å². The van der Waals surface area contributed by atoms with Gasteiger partial charge in [0, 0.05) is 0 Å². The Kier molecular flexibility index (Phi) is 2.99. The number of nitrogens with two attached hydrogens (primary N) is 1. The van der Waals surface area contributed by atoms with Crippen molar-refractivity contribution < 1.29 is 4.79 Å². The van der Waals surface area contributed by atoms with Gasteiger partial charge in [0.1, 0.15) is 0 Å². The van der Waals surface area contributed by atoms with E-state index in [1.807, 2.05) is 0 Å². The molecule has 1 aromatic rings. The molecule has 2 nitrogen and oxygen atoms in total. The first-order valence-electron chi connectivity index (χ1n) is 5.94. The Balaban J connectivity index is 2.26. The number of aryl methyl sites for hydroxylation is 2. The number of benzene rings is 1. The number of hydrogen-bond donors (Lipinski definition) is 1. The SMILES string of the molecule is Cc1ccc(C(CC2CC2)C(N)=O)c(C)c1. The maximum atomic E-state index is 11.5. The van der Waals surface area contributed by atoms with Crippen LogP contribution in [0.1, 0.15) is 41.9 Å². The van der Waals surface area contributed by atoms with Gasteiger partial charge >= 0.3 is 0 Å². The van der Waals surface area contributed by atoms with Gasteiger partial charge in [-0.1, -0.05) is 36.6 Å². The molecule has 0 heterocycles. The summed E-state index contributed by atoms with van der Waals surface area (Å²) in [4.78, 5) is 11.5. The molecule has 1 aliphatic rings. The Morgan fingerprint density at radius 3 is 2.62 bits per heavy atom. The third kappa shape index (κ3) is 2.43. The zero-order valence-electron chi connectivity index (χ0n) is 9.99. The van der Waals surface area contributed by atoms with Gasteiger partial charge in [0.15, 0.2) is 0 Å². The highest BCUT2D eigenvalue weighted by atomic mass is 16.1. The molecule has 0 saturated heterocycles. The molecule has 0 spiro atoms. The van der Waals surface area contributed by atoms with E-state index in [1.54, 1.807) is 0 Å². The van der Waals surface area contributed by atoms with Crippen LogP contribution < -0.4 is 5.73 Å². The van der Waals surface area contributed by atoms with Crippen LogP contribution in [0, 0.1) is 19.8 Å². The molecular weight excluding hydrogens is 198 g/mol. The van der Waals surface area contributed by atoms with Crippen LogP contribution in [0.4, 0.5) is 0 Å². The first kappa shape index (κ1) is 11.2. The molecule has 2 rings (SSSR count). The minimum absolute atomic E-state index is 0.0897. The van der Waals surface area contributed by atoms with Gasteiger partial charge in [-0.15, -0.1) is 0 Å². The van der Waals surface area contributed by atoms with Gasteiger partial charge in [0.05, 0.1) is 5.92 Å². The molecule has 1 aromatic carbocycles. The van der Waals surface area contributed by atoms with Crippen molar-refractivity contribution in [1.82, 2.24) is 0 Å². The molecule has 1 saturated carbocycles. The minimum Gasteiger partial charge on any atom is -0.369 e. The van der Waals surface area contributed by atoms with Crippen molar-refractivity contribution in [1.29, 1.82) is 0 Å². The summed E-state index contributed by atoms with van der Waals surface area (Å²) in [6, 6.07) is 6.24. The lowest BCUT2D eigenvalue weighted by atomic mass is 9.89. The van der Waals surface area contributed by atoms with Crippen molar-refractivity contribution in [2.24, 2.45) is 11.7 Å². The Hall–Kier alpha value is -1.31. The molecule has 1 atom stereocenters. The first-order chi connectivity index (χ1) is 7.58. The van der Waals surface area contributed by atoms with Gasteiger partial charge in [-0.25, -0.2) is 0 Å². The highest BCUT2D eigenvalue weighted by Crippen LogP contribution is 2.39. The highest BCUT2D eigenvalue weighted by Gasteiger charge is 2.29. The van der Waals surface area contributed by atoms with E-state index < -0.39 is 0 Å². The molecule has 0 aliphatic heterocycles. The van der Waals surface area contributed by atoms with Crippen LogP contribution in [0.2, 0.25) is 0 Å². The van der Waals surface area contributed by atoms with Gasteiger partial charge in [-0.05, 0) is 37.3 Å². The molecule has 2 heteroatoms. The molecule has 0 radical (unpaired) electrons. The van der Waals surface area contributed by atoms with Crippen molar-refractivity contribution in [2.45, 2.75) is 39.0 Å². The summed E-state index contributed by atoms with van der Waals surface area (Å²) in [5.41, 5.74) is 9.05. The van der Waals surface area contributed by atoms with Crippen molar-refractivity contribution >= 4 is 5.91 Å². The van der Waals surface area contributed by atoms with Gasteiger partial charge < -0.3 is 5.73 Å². The second-order valence-corrected chi connectivity index (χ2v) is 4.99. The number of carbonyl (C=O) groups is 1. The van der Waals surface area contributed by atoms with E-state index >= 15 is 0 Å². The summed E-state index contributed by atoms with van der Waals surface area (Å²) in [7, 11) is 0. The Bertz CT molecular complexity index is 407. The van der Waals surface area contributed by atoms with Crippen molar-refractivity contribution in [2.75, 3.05) is 0 Å². The Morgan fingerprint density at radius 1 is 1.44 bits per heavy atom. The van der Waals surface area contributed by atoms with E-state index in [2.05, 4.69) is 32.0 Å². The molecule has 86 valence electrons. The van der Waals surface area contributed by atoms with Crippen LogP contribution in [-0.2, 0) is 4.79 Å². The zero-order valence-corrected chi connectivity index (χ0v) is 9.99. The molecule has 1 fully saturated rings.